The Kier molecular flexibility index (Phi) is 7.02. The molecule has 1 aromatic rings. The molecule has 1 saturated heterocycles. The molecular formula is C17H23F3NO2. The van der Waals surface area contributed by atoms with Crippen LogP contribution in [0.5, 0.6) is 11.5 Å². The summed E-state index contributed by atoms with van der Waals surface area (Å²) in [5, 5.41) is 4.53. The van der Waals surface area contributed by atoms with E-state index in [1.165, 1.54) is 56.4 Å². The summed E-state index contributed by atoms with van der Waals surface area (Å²) in [5.41, 5.74) is 0. The molecule has 6 heteroatoms. The maximum atomic E-state index is 12.0. The van der Waals surface area contributed by atoms with Crippen molar-refractivity contribution < 1.29 is 22.6 Å². The molecule has 0 aromatic heterocycles. The third-order valence-corrected chi connectivity index (χ3v) is 3.84. The van der Waals surface area contributed by atoms with Gasteiger partial charge in [0, 0.05) is 12.6 Å². The molecule has 1 aromatic carbocycles. The third kappa shape index (κ3) is 7.59. The first kappa shape index (κ1) is 17.9. The second-order valence-corrected chi connectivity index (χ2v) is 5.77. The van der Waals surface area contributed by atoms with E-state index in [-0.39, 0.29) is 5.75 Å². The third-order valence-electron chi connectivity index (χ3n) is 3.84. The fraction of sp³-hybridized carbons (Fsp3) is 0.647. The van der Waals surface area contributed by atoms with Crippen LogP contribution in [0.3, 0.4) is 0 Å². The molecule has 0 bridgehead atoms. The van der Waals surface area contributed by atoms with E-state index < -0.39 is 6.36 Å². The second kappa shape index (κ2) is 9.01. The number of hydrogen-bond donors (Lipinski definition) is 0. The minimum absolute atomic E-state index is 0.234. The number of hydrogen-bond acceptors (Lipinski definition) is 2. The van der Waals surface area contributed by atoms with Crippen molar-refractivity contribution in [3.63, 3.8) is 0 Å². The van der Waals surface area contributed by atoms with Crippen LogP contribution in [0, 0.1) is 0 Å². The van der Waals surface area contributed by atoms with Crippen LogP contribution in [0.1, 0.15) is 44.9 Å². The van der Waals surface area contributed by atoms with Gasteiger partial charge in [0.15, 0.2) is 0 Å². The zero-order chi connectivity index (χ0) is 16.5. The van der Waals surface area contributed by atoms with Crippen molar-refractivity contribution in [2.75, 3.05) is 13.2 Å². The molecule has 0 amide bonds. The Labute approximate surface area is 135 Å². The fourth-order valence-electron chi connectivity index (χ4n) is 2.69. The van der Waals surface area contributed by atoms with Gasteiger partial charge < -0.3 is 9.47 Å². The number of benzene rings is 1. The summed E-state index contributed by atoms with van der Waals surface area (Å²) in [7, 11) is 0. The van der Waals surface area contributed by atoms with Crippen molar-refractivity contribution in [1.29, 1.82) is 0 Å². The van der Waals surface area contributed by atoms with Crippen LogP contribution in [0.15, 0.2) is 24.3 Å². The SMILES string of the molecule is FC(F)(F)Oc1ccc(OCCCCCCC2CCC[N]2)cc1. The minimum Gasteiger partial charge on any atom is -0.494 e. The predicted octanol–water partition coefficient (Wildman–Crippen LogP) is 4.68. The van der Waals surface area contributed by atoms with E-state index >= 15 is 0 Å². The van der Waals surface area contributed by atoms with Gasteiger partial charge in [0.2, 0.25) is 0 Å². The first-order valence-corrected chi connectivity index (χ1v) is 8.18. The quantitative estimate of drug-likeness (QED) is 0.616. The molecule has 1 atom stereocenters. The van der Waals surface area contributed by atoms with Crippen LogP contribution in [0.2, 0.25) is 0 Å². The molecule has 1 unspecified atom stereocenters. The topological polar surface area (TPSA) is 32.6 Å². The van der Waals surface area contributed by atoms with E-state index in [4.69, 9.17) is 4.74 Å². The number of nitrogens with zero attached hydrogens (tertiary/aromatic N) is 1. The van der Waals surface area contributed by atoms with Gasteiger partial charge in [-0.25, -0.2) is 5.32 Å². The van der Waals surface area contributed by atoms with Crippen molar-refractivity contribution in [3.05, 3.63) is 24.3 Å². The van der Waals surface area contributed by atoms with Gasteiger partial charge in [-0.05, 0) is 49.9 Å². The highest BCUT2D eigenvalue weighted by atomic mass is 19.4. The maximum absolute atomic E-state index is 12.0. The smallest absolute Gasteiger partial charge is 0.494 e. The summed E-state index contributed by atoms with van der Waals surface area (Å²) >= 11 is 0. The zero-order valence-electron chi connectivity index (χ0n) is 13.1. The van der Waals surface area contributed by atoms with E-state index in [9.17, 15) is 13.2 Å². The largest absolute Gasteiger partial charge is 0.573 e. The van der Waals surface area contributed by atoms with Crippen LogP contribution in [0.25, 0.3) is 0 Å². The molecule has 0 N–H and O–H groups in total. The Morgan fingerprint density at radius 3 is 2.35 bits per heavy atom. The molecule has 1 heterocycles. The predicted molar refractivity (Wildman–Crippen MR) is 81.7 cm³/mol. The van der Waals surface area contributed by atoms with Crippen molar-refractivity contribution in [3.8, 4) is 11.5 Å². The van der Waals surface area contributed by atoms with E-state index in [0.717, 1.165) is 19.4 Å². The lowest BCUT2D eigenvalue weighted by Gasteiger charge is -2.10. The second-order valence-electron chi connectivity index (χ2n) is 5.77. The van der Waals surface area contributed by atoms with E-state index in [2.05, 4.69) is 10.1 Å². The first-order chi connectivity index (χ1) is 11.0. The highest BCUT2D eigenvalue weighted by Crippen LogP contribution is 2.24. The molecule has 1 aliphatic heterocycles. The van der Waals surface area contributed by atoms with Crippen LogP contribution in [-0.2, 0) is 0 Å². The number of alkyl halides is 3. The summed E-state index contributed by atoms with van der Waals surface area (Å²) in [6.45, 7) is 1.61. The van der Waals surface area contributed by atoms with Gasteiger partial charge in [0.25, 0.3) is 0 Å². The number of ether oxygens (including phenoxy) is 2. The van der Waals surface area contributed by atoms with Gasteiger partial charge in [-0.1, -0.05) is 19.3 Å². The molecule has 0 saturated carbocycles. The average molecular weight is 330 g/mol. The summed E-state index contributed by atoms with van der Waals surface area (Å²) in [6.07, 6.45) is 3.45. The molecule has 2 rings (SSSR count). The molecule has 3 nitrogen and oxygen atoms in total. The summed E-state index contributed by atoms with van der Waals surface area (Å²) in [4.78, 5) is 0. The highest BCUT2D eigenvalue weighted by molar-refractivity contribution is 5.31. The lowest BCUT2D eigenvalue weighted by molar-refractivity contribution is -0.274. The van der Waals surface area contributed by atoms with Crippen LogP contribution in [-0.4, -0.2) is 25.6 Å². The lowest BCUT2D eigenvalue weighted by Crippen LogP contribution is -2.16. The molecular weight excluding hydrogens is 307 g/mol. The number of unbranched alkanes of at least 4 members (excludes halogenated alkanes) is 3. The summed E-state index contributed by atoms with van der Waals surface area (Å²) < 4.78 is 45.4. The van der Waals surface area contributed by atoms with Crippen LogP contribution in [0.4, 0.5) is 13.2 Å². The van der Waals surface area contributed by atoms with Gasteiger partial charge in [-0.2, -0.15) is 0 Å². The van der Waals surface area contributed by atoms with E-state index in [0.29, 0.717) is 18.4 Å². The van der Waals surface area contributed by atoms with Gasteiger partial charge in [-0.15, -0.1) is 13.2 Å². The minimum atomic E-state index is -4.66. The number of rotatable bonds is 9. The molecule has 0 spiro atoms. The lowest BCUT2D eigenvalue weighted by atomic mass is 10.1. The van der Waals surface area contributed by atoms with E-state index in [1.807, 2.05) is 0 Å². The van der Waals surface area contributed by atoms with Crippen LogP contribution >= 0.6 is 0 Å². The molecule has 1 fully saturated rings. The Morgan fingerprint density at radius 2 is 1.70 bits per heavy atom. The highest BCUT2D eigenvalue weighted by Gasteiger charge is 2.30. The Hall–Kier alpha value is -1.43. The molecule has 0 aliphatic carbocycles. The van der Waals surface area contributed by atoms with Gasteiger partial charge in [-0.3, -0.25) is 0 Å². The van der Waals surface area contributed by atoms with Gasteiger partial charge >= 0.3 is 6.36 Å². The molecule has 1 aliphatic rings. The maximum Gasteiger partial charge on any atom is 0.573 e. The van der Waals surface area contributed by atoms with Gasteiger partial charge in [0.05, 0.1) is 6.61 Å². The van der Waals surface area contributed by atoms with Crippen LogP contribution < -0.4 is 14.8 Å². The summed E-state index contributed by atoms with van der Waals surface area (Å²) in [5.74, 6) is 0.325. The Morgan fingerprint density at radius 1 is 1.00 bits per heavy atom. The summed E-state index contributed by atoms with van der Waals surface area (Å²) in [6, 6.07) is 6.08. The standard InChI is InChI=1S/C17H23F3NO2/c18-17(19,20)23-16-10-8-15(9-11-16)22-13-4-2-1-3-6-14-7-5-12-21-14/h8-11,14H,1-7,12-13H2. The molecule has 129 valence electrons. The van der Waals surface area contributed by atoms with Gasteiger partial charge in [0.1, 0.15) is 11.5 Å². The van der Waals surface area contributed by atoms with Crippen molar-refractivity contribution in [2.24, 2.45) is 0 Å². The van der Waals surface area contributed by atoms with Crippen molar-refractivity contribution in [1.82, 2.24) is 5.32 Å². The monoisotopic (exact) mass is 330 g/mol. The fourth-order valence-corrected chi connectivity index (χ4v) is 2.69. The molecule has 23 heavy (non-hydrogen) atoms. The first-order valence-electron chi connectivity index (χ1n) is 8.18. The zero-order valence-corrected chi connectivity index (χ0v) is 13.1. The van der Waals surface area contributed by atoms with Crippen molar-refractivity contribution >= 4 is 0 Å². The Balaban J connectivity index is 1.52. The Bertz CT molecular complexity index is 442. The molecule has 1 radical (unpaired) electrons. The average Bonchev–Trinajstić information content (AvgIpc) is 3.00. The normalized spacial score (nSPS) is 18.1. The van der Waals surface area contributed by atoms with E-state index in [1.54, 1.807) is 0 Å². The van der Waals surface area contributed by atoms with Crippen molar-refractivity contribution in [2.45, 2.75) is 57.3 Å². The number of halogens is 3.